The lowest BCUT2D eigenvalue weighted by Crippen LogP contribution is -2.43. The van der Waals surface area contributed by atoms with E-state index < -0.39 is 0 Å². The Morgan fingerprint density at radius 3 is 2.80 bits per heavy atom. The topological polar surface area (TPSA) is 24.5 Å². The molecule has 3 heteroatoms. The van der Waals surface area contributed by atoms with Gasteiger partial charge < -0.3 is 15.0 Å². The van der Waals surface area contributed by atoms with E-state index in [-0.39, 0.29) is 0 Å². The summed E-state index contributed by atoms with van der Waals surface area (Å²) in [4.78, 5) is 2.50. The van der Waals surface area contributed by atoms with Crippen LogP contribution in [0.15, 0.2) is 0 Å². The third-order valence-corrected chi connectivity index (χ3v) is 3.61. The van der Waals surface area contributed by atoms with E-state index in [1.807, 2.05) is 7.05 Å². The molecule has 1 heterocycles. The number of hydrogen-bond acceptors (Lipinski definition) is 3. The molecule has 0 spiro atoms. The molecule has 3 nitrogen and oxygen atoms in total. The monoisotopic (exact) mass is 212 g/mol. The van der Waals surface area contributed by atoms with E-state index in [1.165, 1.54) is 32.4 Å². The van der Waals surface area contributed by atoms with Crippen LogP contribution < -0.4 is 5.32 Å². The highest BCUT2D eigenvalue weighted by atomic mass is 16.5. The molecule has 2 rings (SSSR count). The molecule has 1 saturated heterocycles. The van der Waals surface area contributed by atoms with Crippen molar-refractivity contribution in [1.82, 2.24) is 10.2 Å². The van der Waals surface area contributed by atoms with Gasteiger partial charge in [0.2, 0.25) is 0 Å². The maximum atomic E-state index is 5.57. The van der Waals surface area contributed by atoms with Crippen LogP contribution in [0, 0.1) is 11.3 Å². The molecule has 1 aliphatic heterocycles. The quantitative estimate of drug-likeness (QED) is 0.709. The first-order valence-corrected chi connectivity index (χ1v) is 6.15. The van der Waals surface area contributed by atoms with Gasteiger partial charge in [0.05, 0.1) is 6.61 Å². The Bertz CT molecular complexity index is 198. The Hall–Kier alpha value is -0.120. The number of rotatable bonds is 6. The van der Waals surface area contributed by atoms with Crippen LogP contribution in [0.1, 0.15) is 19.3 Å². The average molecular weight is 212 g/mol. The van der Waals surface area contributed by atoms with Crippen molar-refractivity contribution in [3.63, 3.8) is 0 Å². The van der Waals surface area contributed by atoms with Crippen LogP contribution in [0.3, 0.4) is 0 Å². The van der Waals surface area contributed by atoms with E-state index in [9.17, 15) is 0 Å². The van der Waals surface area contributed by atoms with Crippen LogP contribution in [-0.2, 0) is 4.74 Å². The summed E-state index contributed by atoms with van der Waals surface area (Å²) in [5.74, 6) is 0.990. The summed E-state index contributed by atoms with van der Waals surface area (Å²) in [6, 6.07) is 0. The van der Waals surface area contributed by atoms with Crippen LogP contribution >= 0.6 is 0 Å². The smallest absolute Gasteiger partial charge is 0.0547 e. The van der Waals surface area contributed by atoms with E-state index in [4.69, 9.17) is 4.74 Å². The van der Waals surface area contributed by atoms with Gasteiger partial charge in [-0.05, 0) is 39.3 Å². The second kappa shape index (κ2) is 4.81. The minimum atomic E-state index is 0.373. The summed E-state index contributed by atoms with van der Waals surface area (Å²) in [7, 11) is 4.30. The first-order chi connectivity index (χ1) is 7.24. The predicted molar refractivity (Wildman–Crippen MR) is 62.0 cm³/mol. The zero-order valence-electron chi connectivity index (χ0n) is 10.1. The van der Waals surface area contributed by atoms with E-state index >= 15 is 0 Å². The van der Waals surface area contributed by atoms with E-state index in [1.54, 1.807) is 0 Å². The van der Waals surface area contributed by atoms with Crippen molar-refractivity contribution < 1.29 is 4.74 Å². The molecule has 88 valence electrons. The lowest BCUT2D eigenvalue weighted by Gasteiger charge is -2.32. The molecule has 1 N–H and O–H groups in total. The SMILES string of the molecule is CNCC1(CN(C)CC2CC2)CCOC1. The zero-order chi connectivity index (χ0) is 10.7. The summed E-state index contributed by atoms with van der Waals surface area (Å²) in [5, 5.41) is 3.32. The summed E-state index contributed by atoms with van der Waals surface area (Å²) < 4.78 is 5.57. The van der Waals surface area contributed by atoms with Gasteiger partial charge in [-0.15, -0.1) is 0 Å². The van der Waals surface area contributed by atoms with Gasteiger partial charge in [0, 0.05) is 31.7 Å². The highest BCUT2D eigenvalue weighted by Crippen LogP contribution is 2.32. The number of nitrogens with zero attached hydrogens (tertiary/aromatic N) is 1. The number of hydrogen-bond donors (Lipinski definition) is 1. The maximum absolute atomic E-state index is 5.57. The lowest BCUT2D eigenvalue weighted by molar-refractivity contribution is 0.119. The maximum Gasteiger partial charge on any atom is 0.0547 e. The molecule has 2 aliphatic rings. The van der Waals surface area contributed by atoms with Gasteiger partial charge in [0.25, 0.3) is 0 Å². The Kier molecular flexibility index (Phi) is 3.65. The summed E-state index contributed by atoms with van der Waals surface area (Å²) in [6.45, 7) is 5.43. The number of ether oxygens (including phenoxy) is 1. The molecular formula is C12H24N2O. The fourth-order valence-electron chi connectivity index (χ4n) is 2.72. The van der Waals surface area contributed by atoms with Gasteiger partial charge in [0.1, 0.15) is 0 Å². The molecule has 1 atom stereocenters. The van der Waals surface area contributed by atoms with Gasteiger partial charge in [-0.1, -0.05) is 0 Å². The van der Waals surface area contributed by atoms with Gasteiger partial charge in [0.15, 0.2) is 0 Å². The van der Waals surface area contributed by atoms with Crippen molar-refractivity contribution in [3.05, 3.63) is 0 Å². The third-order valence-electron chi connectivity index (χ3n) is 3.61. The fourth-order valence-corrected chi connectivity index (χ4v) is 2.72. The predicted octanol–water partition coefficient (Wildman–Crippen LogP) is 0.954. The van der Waals surface area contributed by atoms with Crippen molar-refractivity contribution >= 4 is 0 Å². The second-order valence-corrected chi connectivity index (χ2v) is 5.47. The highest BCUT2D eigenvalue weighted by molar-refractivity contribution is 4.88. The van der Waals surface area contributed by atoms with Crippen molar-refractivity contribution in [3.8, 4) is 0 Å². The van der Waals surface area contributed by atoms with Crippen LogP contribution in [0.4, 0.5) is 0 Å². The van der Waals surface area contributed by atoms with Crippen molar-refractivity contribution in [2.75, 3.05) is 46.9 Å². The van der Waals surface area contributed by atoms with Crippen molar-refractivity contribution in [2.45, 2.75) is 19.3 Å². The van der Waals surface area contributed by atoms with Gasteiger partial charge in [-0.3, -0.25) is 0 Å². The minimum absolute atomic E-state index is 0.373. The van der Waals surface area contributed by atoms with Crippen LogP contribution in [0.2, 0.25) is 0 Å². The van der Waals surface area contributed by atoms with Crippen LogP contribution in [0.5, 0.6) is 0 Å². The van der Waals surface area contributed by atoms with Crippen molar-refractivity contribution in [2.24, 2.45) is 11.3 Å². The molecule has 0 aromatic rings. The molecular weight excluding hydrogens is 188 g/mol. The van der Waals surface area contributed by atoms with E-state index in [2.05, 4.69) is 17.3 Å². The molecule has 0 aromatic carbocycles. The normalized spacial score (nSPS) is 31.4. The Labute approximate surface area is 93.2 Å². The van der Waals surface area contributed by atoms with E-state index in [0.717, 1.165) is 25.7 Å². The second-order valence-electron chi connectivity index (χ2n) is 5.47. The molecule has 0 aromatic heterocycles. The number of nitrogens with one attached hydrogen (secondary N) is 1. The first-order valence-electron chi connectivity index (χ1n) is 6.15. The molecule has 1 aliphatic carbocycles. The Morgan fingerprint density at radius 2 is 2.27 bits per heavy atom. The average Bonchev–Trinajstić information content (AvgIpc) is 2.86. The summed E-state index contributed by atoms with van der Waals surface area (Å²) in [5.41, 5.74) is 0.373. The molecule has 0 amide bonds. The van der Waals surface area contributed by atoms with E-state index in [0.29, 0.717) is 5.41 Å². The fraction of sp³-hybridized carbons (Fsp3) is 1.00. The molecule has 0 bridgehead atoms. The first kappa shape index (κ1) is 11.4. The van der Waals surface area contributed by atoms with Gasteiger partial charge in [-0.2, -0.15) is 0 Å². The standard InChI is InChI=1S/C12H24N2O/c1-13-8-12(5-6-15-10-12)9-14(2)7-11-3-4-11/h11,13H,3-10H2,1-2H3. The molecule has 2 fully saturated rings. The van der Waals surface area contributed by atoms with Crippen LogP contribution in [0.25, 0.3) is 0 Å². The highest BCUT2D eigenvalue weighted by Gasteiger charge is 2.36. The van der Waals surface area contributed by atoms with Gasteiger partial charge >= 0.3 is 0 Å². The van der Waals surface area contributed by atoms with Crippen molar-refractivity contribution in [1.29, 1.82) is 0 Å². The molecule has 1 unspecified atom stereocenters. The Balaban J connectivity index is 1.81. The third kappa shape index (κ3) is 3.16. The van der Waals surface area contributed by atoms with Crippen LogP contribution in [-0.4, -0.2) is 51.8 Å². The summed E-state index contributed by atoms with van der Waals surface area (Å²) in [6.07, 6.45) is 4.10. The molecule has 15 heavy (non-hydrogen) atoms. The molecule has 1 saturated carbocycles. The zero-order valence-corrected chi connectivity index (χ0v) is 10.1. The van der Waals surface area contributed by atoms with Gasteiger partial charge in [-0.25, -0.2) is 0 Å². The Morgan fingerprint density at radius 1 is 1.47 bits per heavy atom. The lowest BCUT2D eigenvalue weighted by atomic mass is 9.86. The largest absolute Gasteiger partial charge is 0.381 e. The minimum Gasteiger partial charge on any atom is -0.381 e. The summed E-state index contributed by atoms with van der Waals surface area (Å²) >= 11 is 0. The molecule has 0 radical (unpaired) electrons.